The van der Waals surface area contributed by atoms with Gasteiger partial charge in [0.1, 0.15) is 5.82 Å². The van der Waals surface area contributed by atoms with Gasteiger partial charge < -0.3 is 10.6 Å². The average Bonchev–Trinajstić information content (AvgIpc) is 3.12. The number of rotatable bonds is 8. The lowest BCUT2D eigenvalue weighted by Crippen LogP contribution is -2.39. The Hall–Kier alpha value is -1.20. The molecule has 5 nitrogen and oxygen atoms in total. The lowest BCUT2D eigenvalue weighted by atomic mass is 10.1. The molecular weight excluding hydrogens is 512 g/mol. The number of aliphatic imine (C=N–C) groups is 1. The maximum Gasteiger partial charge on any atom is 0.191 e. The van der Waals surface area contributed by atoms with Crippen LogP contribution in [0.5, 0.6) is 0 Å². The zero-order chi connectivity index (χ0) is 19.9. The predicted molar refractivity (Wildman–Crippen MR) is 126 cm³/mol. The Morgan fingerprint density at radius 1 is 1.25 bits per heavy atom. The molecule has 28 heavy (non-hydrogen) atoms. The molecule has 156 valence electrons. The fourth-order valence-electron chi connectivity index (χ4n) is 2.59. The topological polar surface area (TPSA) is 70.6 Å². The van der Waals surface area contributed by atoms with E-state index in [1.54, 1.807) is 11.3 Å². The largest absolute Gasteiger partial charge is 0.357 e. The Morgan fingerprint density at radius 2 is 2.00 bits per heavy atom. The third-order valence-electron chi connectivity index (χ3n) is 3.94. The molecule has 0 fully saturated rings. The average molecular weight is 539 g/mol. The van der Waals surface area contributed by atoms with E-state index < -0.39 is 15.7 Å². The number of benzene rings is 1. The summed E-state index contributed by atoms with van der Waals surface area (Å²) in [5, 5.41) is 8.51. The highest BCUT2D eigenvalue weighted by Crippen LogP contribution is 2.19. The number of sulfone groups is 1. The Morgan fingerprint density at radius 3 is 2.61 bits per heavy atom. The minimum absolute atomic E-state index is 0. The highest BCUT2D eigenvalue weighted by atomic mass is 127. The molecule has 9 heteroatoms. The van der Waals surface area contributed by atoms with Crippen molar-refractivity contribution < 1.29 is 12.8 Å². The fraction of sp³-hybridized carbons (Fsp3) is 0.421. The maximum atomic E-state index is 13.6. The van der Waals surface area contributed by atoms with Gasteiger partial charge in [-0.3, -0.25) is 0 Å². The summed E-state index contributed by atoms with van der Waals surface area (Å²) in [7, 11) is -3.21. The zero-order valence-electron chi connectivity index (χ0n) is 16.2. The molecule has 2 rings (SSSR count). The molecule has 1 heterocycles. The monoisotopic (exact) mass is 539 g/mol. The summed E-state index contributed by atoms with van der Waals surface area (Å²) in [6.07, 6.45) is 1.17. The van der Waals surface area contributed by atoms with E-state index in [2.05, 4.69) is 34.0 Å². The first-order chi connectivity index (χ1) is 12.8. The van der Waals surface area contributed by atoms with Gasteiger partial charge in [-0.15, -0.1) is 35.3 Å². The van der Waals surface area contributed by atoms with Gasteiger partial charge in [0.15, 0.2) is 15.8 Å². The van der Waals surface area contributed by atoms with Crippen LogP contribution >= 0.6 is 35.3 Å². The van der Waals surface area contributed by atoms with E-state index >= 15 is 0 Å². The van der Waals surface area contributed by atoms with Gasteiger partial charge in [0, 0.05) is 30.1 Å². The summed E-state index contributed by atoms with van der Waals surface area (Å²) < 4.78 is 36.9. The number of thiophene rings is 1. The van der Waals surface area contributed by atoms with Crippen molar-refractivity contribution in [2.75, 3.05) is 19.3 Å². The summed E-state index contributed by atoms with van der Waals surface area (Å²) in [4.78, 5) is 5.80. The van der Waals surface area contributed by atoms with Gasteiger partial charge in [-0.25, -0.2) is 17.8 Å². The Balaban J connectivity index is 0.00000392. The van der Waals surface area contributed by atoms with Crippen LogP contribution in [0.4, 0.5) is 4.39 Å². The van der Waals surface area contributed by atoms with Gasteiger partial charge in [0.2, 0.25) is 0 Å². The summed E-state index contributed by atoms with van der Waals surface area (Å²) in [5.41, 5.74) is 1.15. The molecule has 0 saturated carbocycles. The number of hydrogen-bond donors (Lipinski definition) is 2. The van der Waals surface area contributed by atoms with E-state index in [1.165, 1.54) is 29.3 Å². The Bertz CT molecular complexity index is 871. The molecular formula is C19H27FIN3O2S2. The second-order valence-electron chi connectivity index (χ2n) is 6.48. The smallest absolute Gasteiger partial charge is 0.191 e. The van der Waals surface area contributed by atoms with Gasteiger partial charge in [-0.2, -0.15) is 0 Å². The van der Waals surface area contributed by atoms with Crippen LogP contribution in [0.25, 0.3) is 0 Å². The predicted octanol–water partition coefficient (Wildman–Crippen LogP) is 3.91. The van der Waals surface area contributed by atoms with Crippen LogP contribution in [0.2, 0.25) is 0 Å². The Labute approximate surface area is 187 Å². The Kier molecular flexibility index (Phi) is 10.4. The quantitative estimate of drug-likeness (QED) is 0.303. The molecule has 0 aliphatic rings. The van der Waals surface area contributed by atoms with Crippen molar-refractivity contribution in [3.8, 4) is 0 Å². The summed E-state index contributed by atoms with van der Waals surface area (Å²) in [5.74, 6) is 0.429. The third kappa shape index (κ3) is 8.44. The van der Waals surface area contributed by atoms with Crippen molar-refractivity contribution in [1.82, 2.24) is 10.6 Å². The first kappa shape index (κ1) is 24.8. The molecule has 1 aromatic heterocycles. The van der Waals surface area contributed by atoms with Gasteiger partial charge in [-0.05, 0) is 41.6 Å². The van der Waals surface area contributed by atoms with Crippen molar-refractivity contribution in [2.24, 2.45) is 4.99 Å². The second-order valence-corrected chi connectivity index (χ2v) is 9.60. The molecule has 0 amide bonds. The number of hydrogen-bond acceptors (Lipinski definition) is 4. The van der Waals surface area contributed by atoms with E-state index in [9.17, 15) is 12.8 Å². The van der Waals surface area contributed by atoms with Gasteiger partial charge in [0.05, 0.1) is 12.3 Å². The number of guanidine groups is 1. The number of halogens is 2. The second kappa shape index (κ2) is 11.7. The molecule has 0 saturated heterocycles. The minimum atomic E-state index is -3.21. The molecule has 0 aliphatic heterocycles. The summed E-state index contributed by atoms with van der Waals surface area (Å²) in [6, 6.07) is 8.27. The minimum Gasteiger partial charge on any atom is -0.357 e. The van der Waals surface area contributed by atoms with Crippen molar-refractivity contribution in [3.63, 3.8) is 0 Å². The van der Waals surface area contributed by atoms with E-state index in [0.717, 1.165) is 0 Å². The molecule has 2 N–H and O–H groups in total. The lowest BCUT2D eigenvalue weighted by molar-refractivity contribution is 0.600. The molecule has 1 aromatic carbocycles. The first-order valence-corrected chi connectivity index (χ1v) is 11.7. The van der Waals surface area contributed by atoms with E-state index in [4.69, 9.17) is 0 Å². The molecule has 0 radical (unpaired) electrons. The summed E-state index contributed by atoms with van der Waals surface area (Å²) >= 11 is 1.72. The van der Waals surface area contributed by atoms with E-state index in [1.807, 2.05) is 13.0 Å². The lowest BCUT2D eigenvalue weighted by Gasteiger charge is -2.15. The molecule has 1 unspecified atom stereocenters. The van der Waals surface area contributed by atoms with Crippen molar-refractivity contribution >= 4 is 51.1 Å². The van der Waals surface area contributed by atoms with Crippen LogP contribution in [-0.4, -0.2) is 33.7 Å². The van der Waals surface area contributed by atoms with Crippen molar-refractivity contribution in [1.29, 1.82) is 0 Å². The van der Waals surface area contributed by atoms with E-state index in [-0.39, 0.29) is 36.3 Å². The van der Waals surface area contributed by atoms with Crippen LogP contribution < -0.4 is 10.6 Å². The fourth-order valence-corrected chi connectivity index (χ4v) is 4.23. The SMILES string of the molecule is CCNC(=NCc1cc(F)ccc1CS(C)(=O)=O)NCC(C)c1cccs1.I. The van der Waals surface area contributed by atoms with E-state index in [0.29, 0.717) is 36.1 Å². The molecule has 0 aliphatic carbocycles. The number of nitrogens with zero attached hydrogens (tertiary/aromatic N) is 1. The molecule has 1 atom stereocenters. The van der Waals surface area contributed by atoms with Crippen LogP contribution in [0.15, 0.2) is 40.7 Å². The first-order valence-electron chi connectivity index (χ1n) is 8.79. The highest BCUT2D eigenvalue weighted by molar-refractivity contribution is 14.0. The van der Waals surface area contributed by atoms with Crippen LogP contribution in [0.1, 0.15) is 35.8 Å². The summed E-state index contributed by atoms with van der Waals surface area (Å²) in [6.45, 7) is 5.71. The van der Waals surface area contributed by atoms with Gasteiger partial charge in [-0.1, -0.05) is 19.1 Å². The van der Waals surface area contributed by atoms with Crippen LogP contribution in [0, 0.1) is 5.82 Å². The maximum absolute atomic E-state index is 13.6. The normalized spacial score (nSPS) is 12.9. The molecule has 2 aromatic rings. The van der Waals surface area contributed by atoms with Crippen molar-refractivity contribution in [3.05, 3.63) is 57.5 Å². The zero-order valence-corrected chi connectivity index (χ0v) is 20.2. The molecule has 0 bridgehead atoms. The van der Waals surface area contributed by atoms with Gasteiger partial charge >= 0.3 is 0 Å². The van der Waals surface area contributed by atoms with Crippen LogP contribution in [0.3, 0.4) is 0 Å². The van der Waals surface area contributed by atoms with Crippen LogP contribution in [-0.2, 0) is 22.1 Å². The third-order valence-corrected chi connectivity index (χ3v) is 5.88. The van der Waals surface area contributed by atoms with Crippen molar-refractivity contribution in [2.45, 2.75) is 32.1 Å². The molecule has 0 spiro atoms. The standard InChI is InChI=1S/C19H26FN3O2S2.HI/c1-4-21-19(22-11-14(2)18-6-5-9-26-18)23-12-16-10-17(20)8-7-15(16)13-27(3,24)25;/h5-10,14H,4,11-13H2,1-3H3,(H2,21,22,23);1H. The highest BCUT2D eigenvalue weighted by Gasteiger charge is 2.11. The van der Waals surface area contributed by atoms with Gasteiger partial charge in [0.25, 0.3) is 0 Å². The number of nitrogens with one attached hydrogen (secondary N) is 2.